The average Bonchev–Trinajstić information content (AvgIpc) is 2.57. The van der Waals surface area contributed by atoms with Crippen molar-refractivity contribution in [3.05, 3.63) is 59.2 Å². The van der Waals surface area contributed by atoms with Gasteiger partial charge < -0.3 is 14.2 Å². The van der Waals surface area contributed by atoms with Crippen LogP contribution in [0.2, 0.25) is 0 Å². The number of esters is 1. The zero-order chi connectivity index (χ0) is 19.2. The molecule has 0 saturated heterocycles. The molecule has 2 aromatic rings. The summed E-state index contributed by atoms with van der Waals surface area (Å²) in [4.78, 5) is 11.4. The fourth-order valence-corrected chi connectivity index (χ4v) is 2.28. The van der Waals surface area contributed by atoms with Crippen molar-refractivity contribution in [1.29, 1.82) is 0 Å². The van der Waals surface area contributed by atoms with Gasteiger partial charge in [-0.2, -0.15) is 13.2 Å². The maximum absolute atomic E-state index is 12.1. The van der Waals surface area contributed by atoms with Gasteiger partial charge in [0.1, 0.15) is 6.61 Å². The van der Waals surface area contributed by atoms with E-state index in [2.05, 4.69) is 4.74 Å². The number of benzene rings is 2. The van der Waals surface area contributed by atoms with Crippen LogP contribution >= 0.6 is 0 Å². The molecule has 140 valence electrons. The fourth-order valence-electron chi connectivity index (χ4n) is 2.28. The van der Waals surface area contributed by atoms with Crippen molar-refractivity contribution < 1.29 is 32.2 Å². The number of alkyl halides is 3. The first kappa shape index (κ1) is 19.6. The highest BCUT2D eigenvalue weighted by Crippen LogP contribution is 2.33. The molecular weight excluding hydrogens is 349 g/mol. The predicted molar refractivity (Wildman–Crippen MR) is 89.2 cm³/mol. The van der Waals surface area contributed by atoms with Gasteiger partial charge in [0, 0.05) is 0 Å². The molecule has 0 spiro atoms. The molecule has 0 radical (unpaired) electrons. The Morgan fingerprint density at radius 3 is 2.38 bits per heavy atom. The standard InChI is InChI=1S/C19H19F3O4/c1-13-8-14(2)18(25-10-15-6-4-3-5-7-15)16(9-13)24-11-17(23)26-12-19(20,21)22/h3-9H,10-12H2,1-2H3. The minimum Gasteiger partial charge on any atom is -0.485 e. The summed E-state index contributed by atoms with van der Waals surface area (Å²) in [6, 6.07) is 13.0. The van der Waals surface area contributed by atoms with E-state index in [-0.39, 0.29) is 5.75 Å². The third-order valence-corrected chi connectivity index (χ3v) is 3.35. The van der Waals surface area contributed by atoms with Crippen LogP contribution in [0.5, 0.6) is 11.5 Å². The molecule has 0 fully saturated rings. The van der Waals surface area contributed by atoms with Gasteiger partial charge in [-0.15, -0.1) is 0 Å². The Labute approximate surface area is 149 Å². The zero-order valence-corrected chi connectivity index (χ0v) is 14.4. The molecule has 0 aliphatic carbocycles. The Morgan fingerprint density at radius 1 is 1.04 bits per heavy atom. The van der Waals surface area contributed by atoms with Crippen LogP contribution in [0.1, 0.15) is 16.7 Å². The van der Waals surface area contributed by atoms with Gasteiger partial charge in [0.2, 0.25) is 0 Å². The van der Waals surface area contributed by atoms with Gasteiger partial charge in [-0.05, 0) is 36.6 Å². The van der Waals surface area contributed by atoms with Crippen molar-refractivity contribution >= 4 is 5.97 Å². The minimum absolute atomic E-state index is 0.280. The smallest absolute Gasteiger partial charge is 0.422 e. The van der Waals surface area contributed by atoms with Crippen LogP contribution in [0.3, 0.4) is 0 Å². The quantitative estimate of drug-likeness (QED) is 0.681. The molecule has 2 aromatic carbocycles. The van der Waals surface area contributed by atoms with E-state index in [4.69, 9.17) is 9.47 Å². The summed E-state index contributed by atoms with van der Waals surface area (Å²) in [5, 5.41) is 0. The lowest BCUT2D eigenvalue weighted by Crippen LogP contribution is -2.23. The van der Waals surface area contributed by atoms with Gasteiger partial charge in [-0.25, -0.2) is 4.79 Å². The topological polar surface area (TPSA) is 44.8 Å². The molecule has 7 heteroatoms. The van der Waals surface area contributed by atoms with Crippen LogP contribution < -0.4 is 9.47 Å². The van der Waals surface area contributed by atoms with E-state index >= 15 is 0 Å². The molecule has 0 heterocycles. The van der Waals surface area contributed by atoms with Crippen molar-refractivity contribution in [2.75, 3.05) is 13.2 Å². The Hall–Kier alpha value is -2.70. The van der Waals surface area contributed by atoms with Crippen LogP contribution in [-0.2, 0) is 16.1 Å². The summed E-state index contributed by atoms with van der Waals surface area (Å²) < 4.78 is 51.5. The number of halogens is 3. The van der Waals surface area contributed by atoms with E-state index < -0.39 is 25.4 Å². The number of carbonyl (C=O) groups excluding carboxylic acids is 1. The van der Waals surface area contributed by atoms with Gasteiger partial charge >= 0.3 is 12.1 Å². The van der Waals surface area contributed by atoms with E-state index in [1.807, 2.05) is 50.2 Å². The molecule has 0 saturated carbocycles. The molecular formula is C19H19F3O4. The summed E-state index contributed by atoms with van der Waals surface area (Å²) in [6.45, 7) is 1.67. The third kappa shape index (κ3) is 6.31. The number of aryl methyl sites for hydroxylation is 2. The van der Waals surface area contributed by atoms with Crippen LogP contribution in [0, 0.1) is 13.8 Å². The first-order valence-corrected chi connectivity index (χ1v) is 7.88. The molecule has 0 unspecified atom stereocenters. The van der Waals surface area contributed by atoms with Gasteiger partial charge in [0.25, 0.3) is 0 Å². The van der Waals surface area contributed by atoms with E-state index in [0.29, 0.717) is 12.4 Å². The van der Waals surface area contributed by atoms with E-state index in [1.165, 1.54) is 0 Å². The molecule has 0 aromatic heterocycles. The summed E-state index contributed by atoms with van der Waals surface area (Å²) in [5.41, 5.74) is 2.61. The first-order chi connectivity index (χ1) is 12.2. The highest BCUT2D eigenvalue weighted by molar-refractivity contribution is 5.71. The van der Waals surface area contributed by atoms with Crippen molar-refractivity contribution in [1.82, 2.24) is 0 Å². The highest BCUT2D eigenvalue weighted by atomic mass is 19.4. The Balaban J connectivity index is 2.03. The van der Waals surface area contributed by atoms with Crippen molar-refractivity contribution in [2.45, 2.75) is 26.6 Å². The number of carbonyl (C=O) groups is 1. The van der Waals surface area contributed by atoms with Gasteiger partial charge in [-0.3, -0.25) is 0 Å². The molecule has 0 N–H and O–H groups in total. The fraction of sp³-hybridized carbons (Fsp3) is 0.316. The molecule has 0 amide bonds. The monoisotopic (exact) mass is 368 g/mol. The lowest BCUT2D eigenvalue weighted by molar-refractivity contribution is -0.187. The van der Waals surface area contributed by atoms with Crippen molar-refractivity contribution in [2.24, 2.45) is 0 Å². The summed E-state index contributed by atoms with van der Waals surface area (Å²) in [7, 11) is 0. The normalized spacial score (nSPS) is 11.1. The molecule has 2 rings (SSSR count). The Kier molecular flexibility index (Phi) is 6.49. The molecule has 4 nitrogen and oxygen atoms in total. The maximum atomic E-state index is 12.1. The molecule has 0 atom stereocenters. The van der Waals surface area contributed by atoms with Crippen LogP contribution in [0.4, 0.5) is 13.2 Å². The molecule has 0 aliphatic heterocycles. The Morgan fingerprint density at radius 2 is 1.73 bits per heavy atom. The predicted octanol–water partition coefficient (Wildman–Crippen LogP) is 4.37. The van der Waals surface area contributed by atoms with Gasteiger partial charge in [0.15, 0.2) is 24.7 Å². The average molecular weight is 368 g/mol. The van der Waals surface area contributed by atoms with Crippen LogP contribution in [0.15, 0.2) is 42.5 Å². The van der Waals surface area contributed by atoms with Crippen LogP contribution in [-0.4, -0.2) is 25.4 Å². The van der Waals surface area contributed by atoms with Gasteiger partial charge in [0.05, 0.1) is 0 Å². The zero-order valence-electron chi connectivity index (χ0n) is 14.4. The first-order valence-electron chi connectivity index (χ1n) is 7.88. The van der Waals surface area contributed by atoms with Crippen molar-refractivity contribution in [3.8, 4) is 11.5 Å². The molecule has 0 bridgehead atoms. The SMILES string of the molecule is Cc1cc(C)c(OCc2ccccc2)c(OCC(=O)OCC(F)(F)F)c1. The number of ether oxygens (including phenoxy) is 3. The number of hydrogen-bond acceptors (Lipinski definition) is 4. The van der Waals surface area contributed by atoms with E-state index in [0.717, 1.165) is 16.7 Å². The summed E-state index contributed by atoms with van der Waals surface area (Å²) >= 11 is 0. The second-order valence-electron chi connectivity index (χ2n) is 5.75. The second-order valence-corrected chi connectivity index (χ2v) is 5.75. The van der Waals surface area contributed by atoms with E-state index in [9.17, 15) is 18.0 Å². The summed E-state index contributed by atoms with van der Waals surface area (Å²) in [5.74, 6) is -0.388. The maximum Gasteiger partial charge on any atom is 0.422 e. The Bertz CT molecular complexity index is 742. The molecule has 26 heavy (non-hydrogen) atoms. The van der Waals surface area contributed by atoms with Crippen molar-refractivity contribution in [3.63, 3.8) is 0 Å². The third-order valence-electron chi connectivity index (χ3n) is 3.35. The van der Waals surface area contributed by atoms with Crippen LogP contribution in [0.25, 0.3) is 0 Å². The lowest BCUT2D eigenvalue weighted by atomic mass is 10.1. The largest absolute Gasteiger partial charge is 0.485 e. The second kappa shape index (κ2) is 8.60. The summed E-state index contributed by atoms with van der Waals surface area (Å²) in [6.07, 6.45) is -4.57. The number of hydrogen-bond donors (Lipinski definition) is 0. The van der Waals surface area contributed by atoms with Gasteiger partial charge in [-0.1, -0.05) is 36.4 Å². The number of rotatable bonds is 7. The lowest BCUT2D eigenvalue weighted by Gasteiger charge is -2.16. The molecule has 0 aliphatic rings. The van der Waals surface area contributed by atoms with E-state index in [1.54, 1.807) is 6.07 Å². The minimum atomic E-state index is -4.57. The highest BCUT2D eigenvalue weighted by Gasteiger charge is 2.29.